The zero-order chi connectivity index (χ0) is 11.9. The molecule has 1 aromatic carbocycles. The molecule has 1 aliphatic rings. The summed E-state index contributed by atoms with van der Waals surface area (Å²) < 4.78 is 52.9. The summed E-state index contributed by atoms with van der Waals surface area (Å²) in [6.07, 6.45) is 1.19. The van der Waals surface area contributed by atoms with Crippen LogP contribution in [-0.4, -0.2) is 6.54 Å². The summed E-state index contributed by atoms with van der Waals surface area (Å²) in [6, 6.07) is -0.646. The maximum absolute atomic E-state index is 13.5. The van der Waals surface area contributed by atoms with Gasteiger partial charge in [-0.15, -0.1) is 0 Å². The Morgan fingerprint density at radius 3 is 2.25 bits per heavy atom. The predicted octanol–water partition coefficient (Wildman–Crippen LogP) is 3.32. The van der Waals surface area contributed by atoms with E-state index >= 15 is 0 Å². The summed E-state index contributed by atoms with van der Waals surface area (Å²) in [4.78, 5) is 0. The number of hydrogen-bond donors (Lipinski definition) is 1. The van der Waals surface area contributed by atoms with Crippen LogP contribution in [0.4, 0.5) is 17.6 Å². The van der Waals surface area contributed by atoms with Gasteiger partial charge in [-0.1, -0.05) is 11.6 Å². The van der Waals surface area contributed by atoms with E-state index < -0.39 is 39.9 Å². The van der Waals surface area contributed by atoms with Crippen molar-refractivity contribution < 1.29 is 17.6 Å². The standard InChI is InChI=1S/C10H8ClF4N/c11-6-7(12)5(4-2-1-3-16-4)8(13)10(15)9(6)14/h4,16H,1-3H2/t4-/m0/s1. The molecule has 0 aliphatic carbocycles. The van der Waals surface area contributed by atoms with E-state index in [9.17, 15) is 17.6 Å². The van der Waals surface area contributed by atoms with Gasteiger partial charge in [0.05, 0.1) is 0 Å². The van der Waals surface area contributed by atoms with Crippen LogP contribution in [0.15, 0.2) is 0 Å². The molecule has 0 saturated carbocycles. The van der Waals surface area contributed by atoms with E-state index in [1.807, 2.05) is 0 Å². The van der Waals surface area contributed by atoms with Crippen LogP contribution in [-0.2, 0) is 0 Å². The van der Waals surface area contributed by atoms with Gasteiger partial charge < -0.3 is 5.32 Å². The lowest BCUT2D eigenvalue weighted by atomic mass is 10.0. The Morgan fingerprint density at radius 2 is 1.69 bits per heavy atom. The van der Waals surface area contributed by atoms with E-state index in [1.165, 1.54) is 0 Å². The van der Waals surface area contributed by atoms with Crippen molar-refractivity contribution in [1.82, 2.24) is 5.32 Å². The number of benzene rings is 1. The first kappa shape index (κ1) is 11.7. The van der Waals surface area contributed by atoms with Crippen LogP contribution >= 0.6 is 11.6 Å². The zero-order valence-corrected chi connectivity index (χ0v) is 8.84. The van der Waals surface area contributed by atoms with Gasteiger partial charge in [-0.05, 0) is 19.4 Å². The number of rotatable bonds is 1. The first-order valence-electron chi connectivity index (χ1n) is 4.78. The molecule has 0 unspecified atom stereocenters. The first-order chi connectivity index (χ1) is 7.54. The maximum Gasteiger partial charge on any atom is 0.196 e. The van der Waals surface area contributed by atoms with Gasteiger partial charge in [0.1, 0.15) is 5.02 Å². The van der Waals surface area contributed by atoms with Crippen molar-refractivity contribution in [3.63, 3.8) is 0 Å². The van der Waals surface area contributed by atoms with E-state index in [1.54, 1.807) is 0 Å². The molecule has 6 heteroatoms. The third-order valence-electron chi connectivity index (χ3n) is 2.65. The van der Waals surface area contributed by atoms with Gasteiger partial charge in [0.15, 0.2) is 23.3 Å². The summed E-state index contributed by atoms with van der Waals surface area (Å²) in [5, 5.41) is 1.80. The van der Waals surface area contributed by atoms with Crippen molar-refractivity contribution in [3.8, 4) is 0 Å². The van der Waals surface area contributed by atoms with Crippen LogP contribution in [0.25, 0.3) is 0 Å². The fourth-order valence-electron chi connectivity index (χ4n) is 1.86. The Labute approximate surface area is 94.4 Å². The number of halogens is 5. The van der Waals surface area contributed by atoms with E-state index in [0.717, 1.165) is 6.42 Å². The minimum atomic E-state index is -1.73. The molecule has 1 fully saturated rings. The summed E-state index contributed by atoms with van der Waals surface area (Å²) in [7, 11) is 0. The summed E-state index contributed by atoms with van der Waals surface area (Å²) in [5.41, 5.74) is -0.513. The Hall–Kier alpha value is -0.810. The average molecular weight is 254 g/mol. The second-order valence-electron chi connectivity index (χ2n) is 3.63. The van der Waals surface area contributed by atoms with Crippen LogP contribution in [0.2, 0.25) is 5.02 Å². The van der Waals surface area contributed by atoms with Crippen molar-refractivity contribution in [2.75, 3.05) is 6.54 Å². The van der Waals surface area contributed by atoms with Crippen LogP contribution < -0.4 is 5.32 Å². The van der Waals surface area contributed by atoms with Gasteiger partial charge in [0, 0.05) is 11.6 Å². The Bertz CT molecular complexity index is 400. The van der Waals surface area contributed by atoms with Crippen molar-refractivity contribution in [2.45, 2.75) is 18.9 Å². The molecular weight excluding hydrogens is 246 g/mol. The first-order valence-corrected chi connectivity index (χ1v) is 5.16. The van der Waals surface area contributed by atoms with Crippen molar-refractivity contribution >= 4 is 11.6 Å². The fourth-order valence-corrected chi connectivity index (χ4v) is 2.04. The van der Waals surface area contributed by atoms with Crippen molar-refractivity contribution in [3.05, 3.63) is 33.9 Å². The normalized spacial score (nSPS) is 20.4. The SMILES string of the molecule is Fc1c(F)c(Cl)c(F)c([C@@H]2CCCN2)c1F. The van der Waals surface area contributed by atoms with Gasteiger partial charge in [0.2, 0.25) is 0 Å². The van der Waals surface area contributed by atoms with E-state index in [4.69, 9.17) is 11.6 Å². The average Bonchev–Trinajstić information content (AvgIpc) is 2.77. The molecule has 1 aliphatic heterocycles. The molecule has 2 rings (SSSR count). The quantitative estimate of drug-likeness (QED) is 0.460. The lowest BCUT2D eigenvalue weighted by molar-refractivity contribution is 0.412. The van der Waals surface area contributed by atoms with Gasteiger partial charge >= 0.3 is 0 Å². The van der Waals surface area contributed by atoms with Gasteiger partial charge in [-0.3, -0.25) is 0 Å². The highest BCUT2D eigenvalue weighted by atomic mass is 35.5. The highest BCUT2D eigenvalue weighted by Crippen LogP contribution is 2.34. The molecule has 0 amide bonds. The minimum absolute atomic E-state index is 0.468. The monoisotopic (exact) mass is 253 g/mol. The molecule has 1 saturated heterocycles. The Kier molecular flexibility index (Phi) is 3.08. The van der Waals surface area contributed by atoms with E-state index in [0.29, 0.717) is 13.0 Å². The summed E-state index contributed by atoms with van der Waals surface area (Å²) >= 11 is 5.25. The summed E-state index contributed by atoms with van der Waals surface area (Å²) in [6.45, 7) is 0.583. The largest absolute Gasteiger partial charge is 0.310 e. The van der Waals surface area contributed by atoms with Gasteiger partial charge in [0.25, 0.3) is 0 Å². The van der Waals surface area contributed by atoms with Crippen LogP contribution in [0.3, 0.4) is 0 Å². The van der Waals surface area contributed by atoms with E-state index in [-0.39, 0.29) is 0 Å². The molecule has 0 radical (unpaired) electrons. The molecule has 0 bridgehead atoms. The Morgan fingerprint density at radius 1 is 1.00 bits per heavy atom. The smallest absolute Gasteiger partial charge is 0.196 e. The lowest BCUT2D eigenvalue weighted by Gasteiger charge is -2.14. The molecule has 88 valence electrons. The van der Waals surface area contributed by atoms with Crippen molar-refractivity contribution in [1.29, 1.82) is 0 Å². The second kappa shape index (κ2) is 4.22. The van der Waals surface area contributed by atoms with Crippen LogP contribution in [0.1, 0.15) is 24.4 Å². The van der Waals surface area contributed by atoms with Crippen LogP contribution in [0, 0.1) is 23.3 Å². The zero-order valence-electron chi connectivity index (χ0n) is 8.09. The maximum atomic E-state index is 13.5. The number of hydrogen-bond acceptors (Lipinski definition) is 1. The lowest BCUT2D eigenvalue weighted by Crippen LogP contribution is -2.18. The van der Waals surface area contributed by atoms with Gasteiger partial charge in [-0.25, -0.2) is 17.6 Å². The molecule has 0 spiro atoms. The molecule has 1 N–H and O–H groups in total. The highest BCUT2D eigenvalue weighted by molar-refractivity contribution is 6.31. The molecule has 1 atom stereocenters. The highest BCUT2D eigenvalue weighted by Gasteiger charge is 2.30. The Balaban J connectivity index is 2.59. The topological polar surface area (TPSA) is 12.0 Å². The predicted molar refractivity (Wildman–Crippen MR) is 51.3 cm³/mol. The molecule has 0 aromatic heterocycles. The molecule has 16 heavy (non-hydrogen) atoms. The van der Waals surface area contributed by atoms with Crippen LogP contribution in [0.5, 0.6) is 0 Å². The van der Waals surface area contributed by atoms with E-state index in [2.05, 4.69) is 5.32 Å². The number of nitrogens with one attached hydrogen (secondary N) is 1. The minimum Gasteiger partial charge on any atom is -0.310 e. The fraction of sp³-hybridized carbons (Fsp3) is 0.400. The van der Waals surface area contributed by atoms with Gasteiger partial charge in [-0.2, -0.15) is 0 Å². The van der Waals surface area contributed by atoms with Crippen molar-refractivity contribution in [2.24, 2.45) is 0 Å². The summed E-state index contributed by atoms with van der Waals surface area (Å²) in [5.74, 6) is -6.13. The molecule has 1 nitrogen and oxygen atoms in total. The molecule has 1 aromatic rings. The molecule has 1 heterocycles. The molecular formula is C10H8ClF4N. The third-order valence-corrected chi connectivity index (χ3v) is 2.98. The third kappa shape index (κ3) is 1.68. The second-order valence-corrected chi connectivity index (χ2v) is 4.01.